The van der Waals surface area contributed by atoms with Gasteiger partial charge in [0.25, 0.3) is 0 Å². The second-order valence-electron chi connectivity index (χ2n) is 3.36. The van der Waals surface area contributed by atoms with Crippen LogP contribution < -0.4 is 0 Å². The number of likely N-dealkylation sites (N-methyl/N-ethyl adjacent to an activating group) is 1. The van der Waals surface area contributed by atoms with Gasteiger partial charge in [0.15, 0.2) is 0 Å². The Balaban J connectivity index is 3.75. The highest BCUT2D eigenvalue weighted by atomic mass is 15.1. The molecule has 1 nitrogen and oxygen atoms in total. The summed E-state index contributed by atoms with van der Waals surface area (Å²) >= 11 is 0. The zero-order chi connectivity index (χ0) is 10.8. The molecule has 0 saturated carbocycles. The van der Waals surface area contributed by atoms with Gasteiger partial charge in [0.1, 0.15) is 0 Å². The summed E-state index contributed by atoms with van der Waals surface area (Å²) in [6.45, 7) is 11.7. The topological polar surface area (TPSA) is 3.24 Å². The molecule has 0 radical (unpaired) electrons. The summed E-state index contributed by atoms with van der Waals surface area (Å²) in [6.07, 6.45) is 11.0. The van der Waals surface area contributed by atoms with Gasteiger partial charge in [-0.05, 0) is 26.0 Å². The molecule has 0 bridgehead atoms. The average Bonchev–Trinajstić information content (AvgIpc) is 2.15. The van der Waals surface area contributed by atoms with E-state index in [1.807, 2.05) is 37.3 Å². The third-order valence-corrected chi connectivity index (χ3v) is 1.82. The fourth-order valence-electron chi connectivity index (χ4n) is 1.09. The Kier molecular flexibility index (Phi) is 7.86. The molecule has 0 amide bonds. The molecule has 0 atom stereocenters. The van der Waals surface area contributed by atoms with Crippen molar-refractivity contribution in [2.45, 2.75) is 13.3 Å². The van der Waals surface area contributed by atoms with Crippen molar-refractivity contribution in [1.29, 1.82) is 0 Å². The van der Waals surface area contributed by atoms with Crippen LogP contribution in [-0.4, -0.2) is 25.0 Å². The standard InChI is InChI=1S/C13H21N/c1-5-7-9-10-13(3)12-14(4)11-8-6-2/h5-7,9-10H,2-3,8,11-12H2,1,4H3/b7-5-,10-9-. The Bertz CT molecular complexity index is 223. The predicted molar refractivity (Wildman–Crippen MR) is 65.4 cm³/mol. The molecule has 0 fully saturated rings. The van der Waals surface area contributed by atoms with Gasteiger partial charge in [0.05, 0.1) is 0 Å². The number of allylic oxidation sites excluding steroid dienone is 3. The van der Waals surface area contributed by atoms with Gasteiger partial charge in [-0.25, -0.2) is 0 Å². The summed E-state index contributed by atoms with van der Waals surface area (Å²) in [7, 11) is 2.10. The summed E-state index contributed by atoms with van der Waals surface area (Å²) in [5, 5.41) is 0. The Labute approximate surface area is 88.1 Å². The Hall–Kier alpha value is -1.08. The van der Waals surface area contributed by atoms with Crippen molar-refractivity contribution in [1.82, 2.24) is 4.90 Å². The smallest absolute Gasteiger partial charge is 0.0224 e. The molecular formula is C13H21N. The maximum Gasteiger partial charge on any atom is 0.0224 e. The first-order valence-electron chi connectivity index (χ1n) is 4.97. The second-order valence-corrected chi connectivity index (χ2v) is 3.36. The number of hydrogen-bond donors (Lipinski definition) is 0. The molecule has 0 aromatic heterocycles. The van der Waals surface area contributed by atoms with Crippen LogP contribution in [0.3, 0.4) is 0 Å². The quantitative estimate of drug-likeness (QED) is 0.441. The molecule has 0 spiro atoms. The largest absolute Gasteiger partial charge is 0.302 e. The van der Waals surface area contributed by atoms with Crippen LogP contribution in [0.4, 0.5) is 0 Å². The summed E-state index contributed by atoms with van der Waals surface area (Å²) in [6, 6.07) is 0. The zero-order valence-electron chi connectivity index (χ0n) is 9.37. The molecule has 0 aromatic rings. The predicted octanol–water partition coefficient (Wildman–Crippen LogP) is 3.18. The van der Waals surface area contributed by atoms with E-state index in [0.717, 1.165) is 25.1 Å². The third-order valence-electron chi connectivity index (χ3n) is 1.82. The van der Waals surface area contributed by atoms with E-state index in [1.54, 1.807) is 0 Å². The molecule has 0 aliphatic heterocycles. The van der Waals surface area contributed by atoms with Gasteiger partial charge in [-0.3, -0.25) is 0 Å². The van der Waals surface area contributed by atoms with Crippen molar-refractivity contribution in [2.75, 3.05) is 20.1 Å². The van der Waals surface area contributed by atoms with Crippen LogP contribution in [0.15, 0.2) is 49.1 Å². The Morgan fingerprint density at radius 1 is 1.36 bits per heavy atom. The SMILES string of the molecule is C=CCCN(C)CC(=C)/C=C\C=C/C. The van der Waals surface area contributed by atoms with Crippen LogP contribution in [-0.2, 0) is 0 Å². The van der Waals surface area contributed by atoms with E-state index in [1.165, 1.54) is 0 Å². The van der Waals surface area contributed by atoms with E-state index < -0.39 is 0 Å². The van der Waals surface area contributed by atoms with Crippen molar-refractivity contribution in [3.05, 3.63) is 49.1 Å². The van der Waals surface area contributed by atoms with Gasteiger partial charge in [-0.15, -0.1) is 6.58 Å². The van der Waals surface area contributed by atoms with E-state index in [0.29, 0.717) is 0 Å². The Morgan fingerprint density at radius 2 is 2.07 bits per heavy atom. The van der Waals surface area contributed by atoms with E-state index in [4.69, 9.17) is 0 Å². The highest BCUT2D eigenvalue weighted by Crippen LogP contribution is 1.98. The monoisotopic (exact) mass is 191 g/mol. The molecule has 0 heterocycles. The summed E-state index contributed by atoms with van der Waals surface area (Å²) in [4.78, 5) is 2.24. The fourth-order valence-corrected chi connectivity index (χ4v) is 1.09. The highest BCUT2D eigenvalue weighted by molar-refractivity contribution is 5.20. The first-order chi connectivity index (χ1) is 6.70. The number of hydrogen-bond acceptors (Lipinski definition) is 1. The molecular weight excluding hydrogens is 170 g/mol. The van der Waals surface area contributed by atoms with Gasteiger partial charge < -0.3 is 4.90 Å². The lowest BCUT2D eigenvalue weighted by atomic mass is 10.2. The van der Waals surface area contributed by atoms with Crippen LogP contribution in [0.25, 0.3) is 0 Å². The Morgan fingerprint density at radius 3 is 2.64 bits per heavy atom. The molecule has 14 heavy (non-hydrogen) atoms. The summed E-state index contributed by atoms with van der Waals surface area (Å²) in [5.74, 6) is 0. The third kappa shape index (κ3) is 7.56. The second kappa shape index (κ2) is 8.52. The number of rotatable bonds is 7. The average molecular weight is 191 g/mol. The molecule has 1 heteroatoms. The van der Waals surface area contributed by atoms with Crippen molar-refractivity contribution in [2.24, 2.45) is 0 Å². The fraction of sp³-hybridized carbons (Fsp3) is 0.385. The molecule has 0 rings (SSSR count). The molecule has 0 saturated heterocycles. The van der Waals surface area contributed by atoms with Gasteiger partial charge in [0.2, 0.25) is 0 Å². The van der Waals surface area contributed by atoms with Crippen LogP contribution in [0.5, 0.6) is 0 Å². The first-order valence-corrected chi connectivity index (χ1v) is 4.97. The minimum atomic E-state index is 0.919. The maximum absolute atomic E-state index is 3.99. The number of nitrogens with zero attached hydrogens (tertiary/aromatic N) is 1. The van der Waals surface area contributed by atoms with E-state index in [9.17, 15) is 0 Å². The van der Waals surface area contributed by atoms with Crippen LogP contribution in [0, 0.1) is 0 Å². The van der Waals surface area contributed by atoms with E-state index >= 15 is 0 Å². The minimum absolute atomic E-state index is 0.919. The van der Waals surface area contributed by atoms with Gasteiger partial charge in [-0.1, -0.05) is 37.0 Å². The first kappa shape index (κ1) is 12.9. The van der Waals surface area contributed by atoms with Gasteiger partial charge in [0, 0.05) is 13.1 Å². The molecule has 78 valence electrons. The maximum atomic E-state index is 3.99. The van der Waals surface area contributed by atoms with Crippen LogP contribution in [0.2, 0.25) is 0 Å². The van der Waals surface area contributed by atoms with Gasteiger partial charge >= 0.3 is 0 Å². The lowest BCUT2D eigenvalue weighted by Gasteiger charge is -2.15. The van der Waals surface area contributed by atoms with E-state index in [-0.39, 0.29) is 0 Å². The summed E-state index contributed by atoms with van der Waals surface area (Å²) < 4.78 is 0. The van der Waals surface area contributed by atoms with Crippen LogP contribution >= 0.6 is 0 Å². The zero-order valence-corrected chi connectivity index (χ0v) is 9.37. The summed E-state index contributed by atoms with van der Waals surface area (Å²) in [5.41, 5.74) is 1.13. The van der Waals surface area contributed by atoms with Crippen molar-refractivity contribution in [3.63, 3.8) is 0 Å². The molecule has 0 N–H and O–H groups in total. The van der Waals surface area contributed by atoms with Gasteiger partial charge in [-0.2, -0.15) is 0 Å². The molecule has 0 aliphatic carbocycles. The minimum Gasteiger partial charge on any atom is -0.302 e. The molecule has 0 aromatic carbocycles. The van der Waals surface area contributed by atoms with E-state index in [2.05, 4.69) is 25.1 Å². The molecule has 0 aliphatic rings. The molecule has 0 unspecified atom stereocenters. The van der Waals surface area contributed by atoms with Crippen molar-refractivity contribution >= 4 is 0 Å². The lowest BCUT2D eigenvalue weighted by molar-refractivity contribution is 0.373. The highest BCUT2D eigenvalue weighted by Gasteiger charge is 1.96. The lowest BCUT2D eigenvalue weighted by Crippen LogP contribution is -2.21. The van der Waals surface area contributed by atoms with Crippen molar-refractivity contribution in [3.8, 4) is 0 Å². The normalized spacial score (nSPS) is 11.6. The van der Waals surface area contributed by atoms with Crippen LogP contribution in [0.1, 0.15) is 13.3 Å². The van der Waals surface area contributed by atoms with Crippen molar-refractivity contribution < 1.29 is 0 Å².